The van der Waals surface area contributed by atoms with Crippen LogP contribution < -0.4 is 5.32 Å². The van der Waals surface area contributed by atoms with E-state index in [1.165, 1.54) is 7.11 Å². The maximum absolute atomic E-state index is 11.6. The lowest BCUT2D eigenvalue weighted by Gasteiger charge is -2.16. The van der Waals surface area contributed by atoms with Gasteiger partial charge in [-0.1, -0.05) is 25.1 Å². The topological polar surface area (TPSA) is 38.3 Å². The molecule has 1 atom stereocenters. The summed E-state index contributed by atoms with van der Waals surface area (Å²) in [5.74, 6) is 0.807. The Labute approximate surface area is 113 Å². The van der Waals surface area contributed by atoms with Gasteiger partial charge in [-0.3, -0.25) is 0 Å². The molecule has 1 unspecified atom stereocenters. The van der Waals surface area contributed by atoms with Crippen molar-refractivity contribution in [2.75, 3.05) is 19.1 Å². The highest BCUT2D eigenvalue weighted by Gasteiger charge is 2.12. The summed E-state index contributed by atoms with van der Waals surface area (Å²) in [5.41, 5.74) is 1.63. The van der Waals surface area contributed by atoms with Crippen LogP contribution in [0.15, 0.2) is 24.3 Å². The molecule has 1 aromatic rings. The molecule has 4 heteroatoms. The first kappa shape index (κ1) is 15.1. The summed E-state index contributed by atoms with van der Waals surface area (Å²) in [6, 6.07) is 8.04. The van der Waals surface area contributed by atoms with Crippen molar-refractivity contribution < 1.29 is 9.53 Å². The van der Waals surface area contributed by atoms with E-state index in [1.54, 1.807) is 6.07 Å². The van der Waals surface area contributed by atoms with Gasteiger partial charge in [0, 0.05) is 18.3 Å². The van der Waals surface area contributed by atoms with Crippen molar-refractivity contribution in [3.63, 3.8) is 0 Å². The molecular formula is C14H21NO2S. The van der Waals surface area contributed by atoms with E-state index in [2.05, 4.69) is 18.5 Å². The lowest BCUT2D eigenvalue weighted by Crippen LogP contribution is -2.30. The Morgan fingerprint density at radius 1 is 1.44 bits per heavy atom. The smallest absolute Gasteiger partial charge is 0.338 e. The molecule has 0 saturated carbocycles. The molecule has 0 fully saturated rings. The van der Waals surface area contributed by atoms with Crippen molar-refractivity contribution in [1.29, 1.82) is 0 Å². The van der Waals surface area contributed by atoms with Crippen molar-refractivity contribution in [3.05, 3.63) is 35.4 Å². The normalized spacial score (nSPS) is 12.2. The van der Waals surface area contributed by atoms with Crippen molar-refractivity contribution >= 4 is 17.7 Å². The number of rotatable bonds is 7. The van der Waals surface area contributed by atoms with Crippen LogP contribution in [0.4, 0.5) is 0 Å². The average Bonchev–Trinajstić information content (AvgIpc) is 2.43. The first-order valence-electron chi connectivity index (χ1n) is 6.11. The third-order valence-electron chi connectivity index (χ3n) is 2.86. The third-order valence-corrected chi connectivity index (χ3v) is 3.60. The molecule has 0 aromatic heterocycles. The summed E-state index contributed by atoms with van der Waals surface area (Å²) in [6.07, 6.45) is 3.19. The molecule has 0 heterocycles. The molecule has 1 aromatic carbocycles. The number of thioether (sulfide) groups is 1. The number of carbonyl (C=O) groups is 1. The minimum Gasteiger partial charge on any atom is -0.465 e. The van der Waals surface area contributed by atoms with Crippen molar-refractivity contribution in [1.82, 2.24) is 5.32 Å². The molecule has 0 aliphatic heterocycles. The SMILES string of the molecule is CCC(CSC)NCc1ccccc1C(=O)OC. The lowest BCUT2D eigenvalue weighted by atomic mass is 10.1. The van der Waals surface area contributed by atoms with Crippen LogP contribution in [0.5, 0.6) is 0 Å². The number of benzene rings is 1. The van der Waals surface area contributed by atoms with E-state index in [1.807, 2.05) is 30.0 Å². The zero-order valence-corrected chi connectivity index (χ0v) is 12.0. The van der Waals surface area contributed by atoms with E-state index in [0.717, 1.165) is 17.7 Å². The molecule has 1 N–H and O–H groups in total. The van der Waals surface area contributed by atoms with E-state index in [-0.39, 0.29) is 5.97 Å². The molecule has 0 radical (unpaired) electrons. The van der Waals surface area contributed by atoms with E-state index < -0.39 is 0 Å². The quantitative estimate of drug-likeness (QED) is 0.771. The lowest BCUT2D eigenvalue weighted by molar-refractivity contribution is 0.0599. The van der Waals surface area contributed by atoms with Crippen molar-refractivity contribution in [2.24, 2.45) is 0 Å². The fraction of sp³-hybridized carbons (Fsp3) is 0.500. The Bertz CT molecular complexity index is 382. The second kappa shape index (κ2) is 8.16. The fourth-order valence-corrected chi connectivity index (χ4v) is 2.52. The van der Waals surface area contributed by atoms with Gasteiger partial charge in [0.15, 0.2) is 0 Å². The second-order valence-corrected chi connectivity index (χ2v) is 5.00. The Kier molecular flexibility index (Phi) is 6.83. The Hall–Kier alpha value is -1.00. The van der Waals surface area contributed by atoms with Gasteiger partial charge in [-0.05, 0) is 24.3 Å². The predicted molar refractivity (Wildman–Crippen MR) is 77.1 cm³/mol. The van der Waals surface area contributed by atoms with Crippen molar-refractivity contribution in [3.8, 4) is 0 Å². The zero-order chi connectivity index (χ0) is 13.4. The monoisotopic (exact) mass is 267 g/mol. The Balaban J connectivity index is 2.69. The zero-order valence-electron chi connectivity index (χ0n) is 11.2. The number of carbonyl (C=O) groups excluding carboxylic acids is 1. The molecule has 18 heavy (non-hydrogen) atoms. The molecule has 1 rings (SSSR count). The van der Waals surface area contributed by atoms with Crippen LogP contribution in [0, 0.1) is 0 Å². The van der Waals surface area contributed by atoms with Crippen LogP contribution in [0.3, 0.4) is 0 Å². The summed E-state index contributed by atoms with van der Waals surface area (Å²) < 4.78 is 4.79. The molecule has 0 saturated heterocycles. The Morgan fingerprint density at radius 3 is 2.78 bits per heavy atom. The van der Waals surface area contributed by atoms with E-state index in [4.69, 9.17) is 4.74 Å². The summed E-state index contributed by atoms with van der Waals surface area (Å²) in [7, 11) is 1.41. The van der Waals surface area contributed by atoms with Gasteiger partial charge in [-0.25, -0.2) is 4.79 Å². The van der Waals surface area contributed by atoms with Gasteiger partial charge in [0.2, 0.25) is 0 Å². The van der Waals surface area contributed by atoms with Crippen LogP contribution in [0.25, 0.3) is 0 Å². The minimum atomic E-state index is -0.273. The maximum Gasteiger partial charge on any atom is 0.338 e. The number of esters is 1. The van der Waals surface area contributed by atoms with Gasteiger partial charge < -0.3 is 10.1 Å². The minimum absolute atomic E-state index is 0.273. The fourth-order valence-electron chi connectivity index (χ4n) is 1.76. The molecule has 0 bridgehead atoms. The van der Waals surface area contributed by atoms with Gasteiger partial charge >= 0.3 is 5.97 Å². The van der Waals surface area contributed by atoms with Crippen LogP contribution in [0.2, 0.25) is 0 Å². The van der Waals surface area contributed by atoms with Gasteiger partial charge in [0.05, 0.1) is 12.7 Å². The number of nitrogens with one attached hydrogen (secondary N) is 1. The number of hydrogen-bond donors (Lipinski definition) is 1. The molecule has 100 valence electrons. The van der Waals surface area contributed by atoms with Crippen LogP contribution >= 0.6 is 11.8 Å². The average molecular weight is 267 g/mol. The highest BCUT2D eigenvalue weighted by atomic mass is 32.2. The van der Waals surface area contributed by atoms with Crippen LogP contribution in [-0.2, 0) is 11.3 Å². The first-order chi connectivity index (χ1) is 8.72. The molecular weight excluding hydrogens is 246 g/mol. The van der Waals surface area contributed by atoms with E-state index in [0.29, 0.717) is 18.2 Å². The van der Waals surface area contributed by atoms with Crippen LogP contribution in [0.1, 0.15) is 29.3 Å². The molecule has 3 nitrogen and oxygen atoms in total. The van der Waals surface area contributed by atoms with Gasteiger partial charge in [-0.2, -0.15) is 11.8 Å². The van der Waals surface area contributed by atoms with Crippen LogP contribution in [-0.4, -0.2) is 31.1 Å². The summed E-state index contributed by atoms with van der Waals surface area (Å²) >= 11 is 1.83. The van der Waals surface area contributed by atoms with E-state index in [9.17, 15) is 4.79 Å². The predicted octanol–water partition coefficient (Wildman–Crippen LogP) is 2.70. The largest absolute Gasteiger partial charge is 0.465 e. The first-order valence-corrected chi connectivity index (χ1v) is 7.50. The van der Waals surface area contributed by atoms with Crippen molar-refractivity contribution in [2.45, 2.75) is 25.9 Å². The number of ether oxygens (including phenoxy) is 1. The maximum atomic E-state index is 11.6. The Morgan fingerprint density at radius 2 is 2.17 bits per heavy atom. The highest BCUT2D eigenvalue weighted by molar-refractivity contribution is 7.98. The molecule has 0 amide bonds. The third kappa shape index (κ3) is 4.35. The van der Waals surface area contributed by atoms with Gasteiger partial charge in [0.1, 0.15) is 0 Å². The molecule has 0 spiro atoms. The highest BCUT2D eigenvalue weighted by Crippen LogP contribution is 2.11. The summed E-state index contributed by atoms with van der Waals surface area (Å²) in [6.45, 7) is 2.87. The van der Waals surface area contributed by atoms with E-state index >= 15 is 0 Å². The van der Waals surface area contributed by atoms with Gasteiger partial charge in [-0.15, -0.1) is 0 Å². The standard InChI is InChI=1S/C14H21NO2S/c1-4-12(10-18-3)15-9-11-7-5-6-8-13(11)14(16)17-2/h5-8,12,15H,4,9-10H2,1-3H3. The molecule has 0 aliphatic carbocycles. The van der Waals surface area contributed by atoms with Gasteiger partial charge in [0.25, 0.3) is 0 Å². The summed E-state index contributed by atoms with van der Waals surface area (Å²) in [4.78, 5) is 11.6. The summed E-state index contributed by atoms with van der Waals surface area (Å²) in [5, 5.41) is 3.48. The second-order valence-electron chi connectivity index (χ2n) is 4.09. The molecule has 0 aliphatic rings. The number of methoxy groups -OCH3 is 1. The number of hydrogen-bond acceptors (Lipinski definition) is 4.